The maximum absolute atomic E-state index is 12.3. The van der Waals surface area contributed by atoms with Crippen molar-refractivity contribution in [2.24, 2.45) is 0 Å². The van der Waals surface area contributed by atoms with Gasteiger partial charge >= 0.3 is 5.97 Å². The fourth-order valence-electron chi connectivity index (χ4n) is 2.85. The lowest BCUT2D eigenvalue weighted by atomic mass is 10.0. The molecule has 28 heavy (non-hydrogen) atoms. The Kier molecular flexibility index (Phi) is 8.94. The lowest BCUT2D eigenvalue weighted by Crippen LogP contribution is -2.14. The summed E-state index contributed by atoms with van der Waals surface area (Å²) in [5, 5.41) is 14.9. The van der Waals surface area contributed by atoms with Crippen molar-refractivity contribution in [3.05, 3.63) is 39.8 Å². The fourth-order valence-corrected chi connectivity index (χ4v) is 3.58. The summed E-state index contributed by atoms with van der Waals surface area (Å²) >= 11 is 1.12. The number of methoxy groups -OCH3 is 1. The number of anilines is 1. The summed E-state index contributed by atoms with van der Waals surface area (Å²) in [4.78, 5) is 27.7. The lowest BCUT2D eigenvalue weighted by molar-refractivity contribution is 0.0595. The van der Waals surface area contributed by atoms with Gasteiger partial charge in [-0.05, 0) is 36.6 Å². The zero-order chi connectivity index (χ0) is 20.4. The van der Waals surface area contributed by atoms with Crippen molar-refractivity contribution in [3.63, 3.8) is 0 Å². The van der Waals surface area contributed by atoms with Gasteiger partial charge in [0, 0.05) is 11.1 Å². The van der Waals surface area contributed by atoms with E-state index < -0.39 is 5.97 Å². The predicted molar refractivity (Wildman–Crippen MR) is 111 cm³/mol. The number of aromatic nitrogens is 1. The summed E-state index contributed by atoms with van der Waals surface area (Å²) in [6.07, 6.45) is 8.01. The highest BCUT2D eigenvalue weighted by Gasteiger charge is 2.15. The van der Waals surface area contributed by atoms with Gasteiger partial charge in [0.15, 0.2) is 10.7 Å². The van der Waals surface area contributed by atoms with Gasteiger partial charge in [0.2, 0.25) is 5.78 Å². The highest BCUT2D eigenvalue weighted by Crippen LogP contribution is 2.24. The number of hydrogen-bond donors (Lipinski definition) is 2. The van der Waals surface area contributed by atoms with E-state index in [1.54, 1.807) is 12.1 Å². The number of aryl methyl sites for hydroxylation is 1. The van der Waals surface area contributed by atoms with E-state index in [1.165, 1.54) is 38.2 Å². The first-order chi connectivity index (χ1) is 13.5. The molecule has 0 atom stereocenters. The summed E-state index contributed by atoms with van der Waals surface area (Å²) in [6, 6.07) is 5.28. The van der Waals surface area contributed by atoms with E-state index in [-0.39, 0.29) is 28.8 Å². The molecule has 7 heteroatoms. The van der Waals surface area contributed by atoms with Crippen LogP contribution in [-0.4, -0.2) is 35.5 Å². The fraction of sp³-hybridized carbons (Fsp3) is 0.476. The number of ketones is 1. The van der Waals surface area contributed by atoms with Crippen molar-refractivity contribution in [2.75, 3.05) is 19.0 Å². The molecule has 6 nitrogen and oxygen atoms in total. The number of thiazole rings is 1. The molecule has 0 fully saturated rings. The SMILES string of the molecule is CCCCCCCCc1cc(NCC(=O)c2nc(C(=O)OC)cs2)ccc1O. The van der Waals surface area contributed by atoms with Crippen molar-refractivity contribution in [3.8, 4) is 5.75 Å². The van der Waals surface area contributed by atoms with E-state index in [2.05, 4.69) is 22.0 Å². The summed E-state index contributed by atoms with van der Waals surface area (Å²) in [5.41, 5.74) is 1.80. The molecule has 0 aliphatic heterocycles. The summed E-state index contributed by atoms with van der Waals surface area (Å²) in [7, 11) is 1.28. The Bertz CT molecular complexity index is 788. The average molecular weight is 405 g/mol. The average Bonchev–Trinajstić information content (AvgIpc) is 3.20. The molecule has 152 valence electrons. The quantitative estimate of drug-likeness (QED) is 0.228. The lowest BCUT2D eigenvalue weighted by Gasteiger charge is -2.09. The number of nitrogens with one attached hydrogen (secondary N) is 1. The number of unbranched alkanes of at least 4 members (excludes halogenated alkanes) is 5. The van der Waals surface area contributed by atoms with E-state index in [9.17, 15) is 14.7 Å². The first-order valence-corrected chi connectivity index (χ1v) is 10.6. The number of benzene rings is 1. The molecule has 0 saturated heterocycles. The topological polar surface area (TPSA) is 88.5 Å². The maximum atomic E-state index is 12.3. The summed E-state index contributed by atoms with van der Waals surface area (Å²) in [5.74, 6) is -0.472. The van der Waals surface area contributed by atoms with E-state index in [0.717, 1.165) is 41.9 Å². The standard InChI is InChI=1S/C21H28N2O4S/c1-3-4-5-6-7-8-9-15-12-16(10-11-18(15)24)22-13-19(25)20-23-17(14-28-20)21(26)27-2/h10-12,14,22,24H,3-9,13H2,1-2H3. The van der Waals surface area contributed by atoms with Crippen LogP contribution in [0.1, 0.15) is 71.3 Å². The van der Waals surface area contributed by atoms with Gasteiger partial charge in [0.05, 0.1) is 13.7 Å². The highest BCUT2D eigenvalue weighted by atomic mass is 32.1. The number of Topliss-reactive ketones (excluding diaryl/α,β-unsaturated/α-hetero) is 1. The monoisotopic (exact) mass is 404 g/mol. The summed E-state index contributed by atoms with van der Waals surface area (Å²) in [6.45, 7) is 2.27. The van der Waals surface area contributed by atoms with E-state index in [0.29, 0.717) is 0 Å². The van der Waals surface area contributed by atoms with Crippen LogP contribution in [0, 0.1) is 0 Å². The number of esters is 1. The number of carbonyl (C=O) groups excluding carboxylic acids is 2. The third kappa shape index (κ3) is 6.64. The van der Waals surface area contributed by atoms with Crippen LogP contribution in [0.3, 0.4) is 0 Å². The molecule has 0 aliphatic rings. The van der Waals surface area contributed by atoms with Crippen LogP contribution >= 0.6 is 11.3 Å². The first-order valence-electron chi connectivity index (χ1n) is 9.68. The largest absolute Gasteiger partial charge is 0.508 e. The van der Waals surface area contributed by atoms with Crippen LogP contribution in [0.4, 0.5) is 5.69 Å². The molecule has 2 N–H and O–H groups in total. The number of aromatic hydroxyl groups is 1. The van der Waals surface area contributed by atoms with Crippen LogP contribution in [0.2, 0.25) is 0 Å². The van der Waals surface area contributed by atoms with Crippen LogP contribution in [0.5, 0.6) is 5.75 Å². The Morgan fingerprint density at radius 1 is 1.18 bits per heavy atom. The Morgan fingerprint density at radius 3 is 2.68 bits per heavy atom. The van der Waals surface area contributed by atoms with Crippen LogP contribution in [0.25, 0.3) is 0 Å². The molecule has 0 saturated carbocycles. The minimum absolute atomic E-state index is 0.0648. The minimum Gasteiger partial charge on any atom is -0.508 e. The van der Waals surface area contributed by atoms with Gasteiger partial charge in [-0.2, -0.15) is 0 Å². The van der Waals surface area contributed by atoms with Gasteiger partial charge in [-0.25, -0.2) is 9.78 Å². The molecule has 2 aromatic rings. The van der Waals surface area contributed by atoms with Crippen molar-refractivity contribution < 1.29 is 19.4 Å². The Morgan fingerprint density at radius 2 is 1.93 bits per heavy atom. The molecular formula is C21H28N2O4S. The molecule has 1 heterocycles. The Balaban J connectivity index is 1.85. The van der Waals surface area contributed by atoms with Gasteiger partial charge in [-0.15, -0.1) is 11.3 Å². The number of rotatable bonds is 12. The van der Waals surface area contributed by atoms with Crippen LogP contribution in [-0.2, 0) is 11.2 Å². The normalized spacial score (nSPS) is 10.6. The van der Waals surface area contributed by atoms with Crippen molar-refractivity contribution >= 4 is 28.8 Å². The second-order valence-corrected chi connectivity index (χ2v) is 7.53. The Labute approximate surface area is 170 Å². The van der Waals surface area contributed by atoms with Gasteiger partial charge in [-0.1, -0.05) is 39.0 Å². The zero-order valence-electron chi connectivity index (χ0n) is 16.5. The van der Waals surface area contributed by atoms with Gasteiger partial charge in [-0.3, -0.25) is 4.79 Å². The number of phenols is 1. The molecule has 1 aromatic heterocycles. The van der Waals surface area contributed by atoms with E-state index in [4.69, 9.17) is 0 Å². The van der Waals surface area contributed by atoms with Crippen molar-refractivity contribution in [1.29, 1.82) is 0 Å². The van der Waals surface area contributed by atoms with Gasteiger partial charge < -0.3 is 15.2 Å². The van der Waals surface area contributed by atoms with E-state index >= 15 is 0 Å². The zero-order valence-corrected chi connectivity index (χ0v) is 17.3. The van der Waals surface area contributed by atoms with Crippen LogP contribution < -0.4 is 5.32 Å². The van der Waals surface area contributed by atoms with Crippen LogP contribution in [0.15, 0.2) is 23.6 Å². The van der Waals surface area contributed by atoms with Gasteiger partial charge in [0.25, 0.3) is 0 Å². The third-order valence-corrected chi connectivity index (χ3v) is 5.35. The first kappa shape index (κ1) is 21.9. The smallest absolute Gasteiger partial charge is 0.357 e. The predicted octanol–water partition coefficient (Wildman–Crippen LogP) is 4.83. The van der Waals surface area contributed by atoms with E-state index in [1.807, 2.05) is 6.07 Å². The minimum atomic E-state index is -0.555. The Hall–Kier alpha value is -2.41. The number of ether oxygens (including phenoxy) is 1. The van der Waals surface area contributed by atoms with Crippen molar-refractivity contribution in [2.45, 2.75) is 51.9 Å². The number of phenolic OH excluding ortho intramolecular Hbond substituents is 1. The molecule has 0 spiro atoms. The second-order valence-electron chi connectivity index (χ2n) is 6.67. The van der Waals surface area contributed by atoms with Gasteiger partial charge in [0.1, 0.15) is 5.75 Å². The molecule has 0 amide bonds. The third-order valence-electron chi connectivity index (χ3n) is 4.47. The molecule has 0 aliphatic carbocycles. The molecule has 0 radical (unpaired) electrons. The number of carbonyl (C=O) groups is 2. The van der Waals surface area contributed by atoms with Crippen molar-refractivity contribution in [1.82, 2.24) is 4.98 Å². The highest BCUT2D eigenvalue weighted by molar-refractivity contribution is 7.12. The second kappa shape index (κ2) is 11.4. The maximum Gasteiger partial charge on any atom is 0.357 e. The molecular weight excluding hydrogens is 376 g/mol. The molecule has 0 bridgehead atoms. The summed E-state index contributed by atoms with van der Waals surface area (Å²) < 4.78 is 4.60. The number of hydrogen-bond acceptors (Lipinski definition) is 7. The number of nitrogens with zero attached hydrogens (tertiary/aromatic N) is 1. The molecule has 2 rings (SSSR count). The molecule has 0 unspecified atom stereocenters. The molecule has 1 aromatic carbocycles.